The van der Waals surface area contributed by atoms with Gasteiger partial charge in [-0.3, -0.25) is 9.78 Å². The second-order valence-corrected chi connectivity index (χ2v) is 3.97. The van der Waals surface area contributed by atoms with Crippen molar-refractivity contribution in [3.8, 4) is 0 Å². The number of carbonyl (C=O) groups excluding carboxylic acids is 1. The summed E-state index contributed by atoms with van der Waals surface area (Å²) in [5, 5.41) is 11.8. The summed E-state index contributed by atoms with van der Waals surface area (Å²) < 4.78 is 0. The Hall–Kier alpha value is -2.96. The zero-order valence-electron chi connectivity index (χ0n) is 10.4. The third kappa shape index (κ3) is 3.29. The van der Waals surface area contributed by atoms with E-state index in [9.17, 15) is 9.59 Å². The minimum Gasteiger partial charge on any atom is -0.478 e. The summed E-state index contributed by atoms with van der Waals surface area (Å²) in [5.74, 6) is -1.16. The second kappa shape index (κ2) is 5.79. The lowest BCUT2D eigenvalue weighted by atomic mass is 10.2. The third-order valence-corrected chi connectivity index (χ3v) is 2.52. The molecule has 2 aromatic rings. The fraction of sp³-hybridized carbons (Fsp3) is 0.0769. The van der Waals surface area contributed by atoms with Crippen LogP contribution in [0.4, 0.5) is 5.82 Å². The molecule has 7 nitrogen and oxygen atoms in total. The Morgan fingerprint density at radius 3 is 2.80 bits per heavy atom. The summed E-state index contributed by atoms with van der Waals surface area (Å²) >= 11 is 0. The summed E-state index contributed by atoms with van der Waals surface area (Å²) in [4.78, 5) is 29.9. The van der Waals surface area contributed by atoms with Crippen molar-refractivity contribution in [1.29, 1.82) is 0 Å². The zero-order valence-corrected chi connectivity index (χ0v) is 10.4. The molecule has 0 aliphatic carbocycles. The maximum Gasteiger partial charge on any atom is 0.335 e. The standard InChI is InChI=1S/C13H12N4O3/c14-12(18)10-2-1-3-11(17-10)16-7-9-6-8(13(19)20)4-5-15-9/h1-6H,7H2,(H2,14,18)(H,16,17)(H,19,20). The fourth-order valence-electron chi connectivity index (χ4n) is 1.56. The molecule has 0 radical (unpaired) electrons. The summed E-state index contributed by atoms with van der Waals surface area (Å²) in [7, 11) is 0. The number of pyridine rings is 2. The molecule has 0 bridgehead atoms. The molecule has 2 aromatic heterocycles. The molecule has 0 spiro atoms. The smallest absolute Gasteiger partial charge is 0.335 e. The van der Waals surface area contributed by atoms with Crippen LogP contribution >= 0.6 is 0 Å². The van der Waals surface area contributed by atoms with E-state index in [0.29, 0.717) is 11.5 Å². The summed E-state index contributed by atoms with van der Waals surface area (Å²) in [6.07, 6.45) is 1.42. The van der Waals surface area contributed by atoms with E-state index in [0.717, 1.165) is 0 Å². The quantitative estimate of drug-likeness (QED) is 0.743. The average Bonchev–Trinajstić information content (AvgIpc) is 2.45. The van der Waals surface area contributed by atoms with Crippen LogP contribution in [-0.4, -0.2) is 27.0 Å². The lowest BCUT2D eigenvalue weighted by molar-refractivity contribution is 0.0696. The molecule has 4 N–H and O–H groups in total. The molecule has 0 saturated carbocycles. The topological polar surface area (TPSA) is 118 Å². The molecular weight excluding hydrogens is 260 g/mol. The molecule has 0 fully saturated rings. The van der Waals surface area contributed by atoms with Gasteiger partial charge in [-0.15, -0.1) is 0 Å². The number of primary amides is 1. The highest BCUT2D eigenvalue weighted by Gasteiger charge is 2.05. The Kier molecular flexibility index (Phi) is 3.90. The Labute approximate surface area is 114 Å². The van der Waals surface area contributed by atoms with Crippen LogP contribution in [0, 0.1) is 0 Å². The molecule has 20 heavy (non-hydrogen) atoms. The van der Waals surface area contributed by atoms with Crippen LogP contribution in [0.2, 0.25) is 0 Å². The number of nitrogens with zero attached hydrogens (tertiary/aromatic N) is 2. The molecular formula is C13H12N4O3. The van der Waals surface area contributed by atoms with Gasteiger partial charge in [0.1, 0.15) is 11.5 Å². The monoisotopic (exact) mass is 272 g/mol. The Morgan fingerprint density at radius 1 is 1.30 bits per heavy atom. The van der Waals surface area contributed by atoms with Crippen LogP contribution in [0.3, 0.4) is 0 Å². The Morgan fingerprint density at radius 2 is 2.10 bits per heavy atom. The number of carboxylic acids is 1. The number of carboxylic acid groups (broad SMARTS) is 1. The van der Waals surface area contributed by atoms with E-state index >= 15 is 0 Å². The van der Waals surface area contributed by atoms with Gasteiger partial charge in [-0.25, -0.2) is 9.78 Å². The molecule has 0 aliphatic rings. The molecule has 0 atom stereocenters. The molecule has 2 rings (SSSR count). The molecule has 7 heteroatoms. The predicted molar refractivity (Wildman–Crippen MR) is 71.3 cm³/mol. The Balaban J connectivity index is 2.08. The molecule has 0 saturated heterocycles. The van der Waals surface area contributed by atoms with Crippen LogP contribution < -0.4 is 11.1 Å². The maximum absolute atomic E-state index is 11.0. The van der Waals surface area contributed by atoms with Crippen molar-refractivity contribution < 1.29 is 14.7 Å². The summed E-state index contributed by atoms with van der Waals surface area (Å²) in [6.45, 7) is 0.288. The van der Waals surface area contributed by atoms with Gasteiger partial charge in [0.25, 0.3) is 5.91 Å². The molecule has 0 unspecified atom stereocenters. The van der Waals surface area contributed by atoms with Gasteiger partial charge >= 0.3 is 5.97 Å². The molecule has 0 aliphatic heterocycles. The largest absolute Gasteiger partial charge is 0.478 e. The number of anilines is 1. The number of hydrogen-bond donors (Lipinski definition) is 3. The van der Waals surface area contributed by atoms with Gasteiger partial charge in [-0.1, -0.05) is 6.07 Å². The van der Waals surface area contributed by atoms with E-state index < -0.39 is 11.9 Å². The predicted octanol–water partition coefficient (Wildman–Crippen LogP) is 0.886. The van der Waals surface area contributed by atoms with Crippen molar-refractivity contribution in [2.75, 3.05) is 5.32 Å². The highest BCUT2D eigenvalue weighted by atomic mass is 16.4. The number of aromatic nitrogens is 2. The molecule has 1 amide bonds. The molecule has 102 valence electrons. The normalized spacial score (nSPS) is 10.0. The lowest BCUT2D eigenvalue weighted by Crippen LogP contribution is -2.14. The van der Waals surface area contributed by atoms with E-state index in [1.54, 1.807) is 12.1 Å². The number of nitrogens with one attached hydrogen (secondary N) is 1. The van der Waals surface area contributed by atoms with Crippen LogP contribution in [-0.2, 0) is 6.54 Å². The van der Waals surface area contributed by atoms with Gasteiger partial charge in [0.15, 0.2) is 0 Å². The van der Waals surface area contributed by atoms with Crippen molar-refractivity contribution in [2.24, 2.45) is 5.73 Å². The van der Waals surface area contributed by atoms with Gasteiger partial charge in [0.05, 0.1) is 17.8 Å². The van der Waals surface area contributed by atoms with E-state index in [4.69, 9.17) is 10.8 Å². The van der Waals surface area contributed by atoms with Gasteiger partial charge in [-0.05, 0) is 24.3 Å². The van der Waals surface area contributed by atoms with Crippen molar-refractivity contribution in [3.05, 3.63) is 53.5 Å². The minimum atomic E-state index is -1.01. The molecule has 0 aromatic carbocycles. The van der Waals surface area contributed by atoms with Crippen LogP contribution in [0.5, 0.6) is 0 Å². The second-order valence-electron chi connectivity index (χ2n) is 3.97. The van der Waals surface area contributed by atoms with Gasteiger partial charge < -0.3 is 16.2 Å². The number of nitrogens with two attached hydrogens (primary N) is 1. The van der Waals surface area contributed by atoms with Crippen molar-refractivity contribution in [3.63, 3.8) is 0 Å². The fourth-order valence-corrected chi connectivity index (χ4v) is 1.56. The van der Waals surface area contributed by atoms with Gasteiger partial charge in [0.2, 0.25) is 0 Å². The number of hydrogen-bond acceptors (Lipinski definition) is 5. The van der Waals surface area contributed by atoms with Gasteiger partial charge in [-0.2, -0.15) is 0 Å². The van der Waals surface area contributed by atoms with E-state index in [2.05, 4.69) is 15.3 Å². The first-order valence-electron chi connectivity index (χ1n) is 5.75. The first-order chi connectivity index (χ1) is 9.56. The first kappa shape index (κ1) is 13.5. The molecule has 2 heterocycles. The first-order valence-corrected chi connectivity index (χ1v) is 5.75. The minimum absolute atomic E-state index is 0.155. The third-order valence-electron chi connectivity index (χ3n) is 2.52. The summed E-state index contributed by atoms with van der Waals surface area (Å²) in [6, 6.07) is 7.71. The van der Waals surface area contributed by atoms with E-state index in [-0.39, 0.29) is 17.8 Å². The highest BCUT2D eigenvalue weighted by Crippen LogP contribution is 2.08. The average molecular weight is 272 g/mol. The van der Waals surface area contributed by atoms with Crippen LogP contribution in [0.15, 0.2) is 36.5 Å². The number of amides is 1. The number of carbonyl (C=O) groups is 2. The maximum atomic E-state index is 11.0. The van der Waals surface area contributed by atoms with Crippen LogP contribution in [0.1, 0.15) is 26.5 Å². The zero-order chi connectivity index (χ0) is 14.5. The lowest BCUT2D eigenvalue weighted by Gasteiger charge is -2.06. The van der Waals surface area contributed by atoms with E-state index in [1.165, 1.54) is 24.4 Å². The SMILES string of the molecule is NC(=O)c1cccc(NCc2cc(C(=O)O)ccn2)n1. The number of rotatable bonds is 5. The number of aromatic carboxylic acids is 1. The van der Waals surface area contributed by atoms with Crippen molar-refractivity contribution >= 4 is 17.7 Å². The van der Waals surface area contributed by atoms with Crippen LogP contribution in [0.25, 0.3) is 0 Å². The highest BCUT2D eigenvalue weighted by molar-refractivity contribution is 5.91. The van der Waals surface area contributed by atoms with Crippen molar-refractivity contribution in [2.45, 2.75) is 6.54 Å². The van der Waals surface area contributed by atoms with Crippen molar-refractivity contribution in [1.82, 2.24) is 9.97 Å². The van der Waals surface area contributed by atoms with Gasteiger partial charge in [0, 0.05) is 6.20 Å². The van der Waals surface area contributed by atoms with E-state index in [1.807, 2.05) is 0 Å². The summed E-state index contributed by atoms with van der Waals surface area (Å²) in [5.41, 5.74) is 6.01. The Bertz CT molecular complexity index is 600.